The van der Waals surface area contributed by atoms with Crippen LogP contribution in [0.2, 0.25) is 0 Å². The summed E-state index contributed by atoms with van der Waals surface area (Å²) in [5.41, 5.74) is 1.12. The Morgan fingerprint density at radius 2 is 1.81 bits per heavy atom. The standard InChI is InChI=1S/C16H23NO4/c1-18-14-6-10(7-15(19-2)16(14)20-3)9-17-12-8-11-4-5-13(12)21-11/h6-7,11-13,17H,4-5,8-9H2,1-3H3. The molecule has 0 spiro atoms. The largest absolute Gasteiger partial charge is 0.493 e. The average Bonchev–Trinajstić information content (AvgIpc) is 3.14. The van der Waals surface area contributed by atoms with Gasteiger partial charge < -0.3 is 24.3 Å². The predicted molar refractivity (Wildman–Crippen MR) is 79.2 cm³/mol. The van der Waals surface area contributed by atoms with E-state index in [1.165, 1.54) is 12.8 Å². The maximum absolute atomic E-state index is 5.87. The van der Waals surface area contributed by atoms with Crippen LogP contribution in [0.4, 0.5) is 0 Å². The molecule has 3 atom stereocenters. The molecule has 0 radical (unpaired) electrons. The summed E-state index contributed by atoms with van der Waals surface area (Å²) >= 11 is 0. The van der Waals surface area contributed by atoms with Crippen molar-refractivity contribution in [3.8, 4) is 17.2 Å². The monoisotopic (exact) mass is 293 g/mol. The van der Waals surface area contributed by atoms with Crippen LogP contribution in [0.5, 0.6) is 17.2 Å². The van der Waals surface area contributed by atoms with Gasteiger partial charge in [0.05, 0.1) is 33.5 Å². The molecule has 3 rings (SSSR count). The Bertz CT molecular complexity index is 480. The topological polar surface area (TPSA) is 49.0 Å². The van der Waals surface area contributed by atoms with Gasteiger partial charge in [-0.3, -0.25) is 0 Å². The van der Waals surface area contributed by atoms with E-state index in [4.69, 9.17) is 18.9 Å². The number of methoxy groups -OCH3 is 3. The molecule has 1 aromatic rings. The molecular formula is C16H23NO4. The van der Waals surface area contributed by atoms with Gasteiger partial charge in [0.15, 0.2) is 11.5 Å². The molecule has 1 aromatic carbocycles. The molecule has 5 heteroatoms. The van der Waals surface area contributed by atoms with Crippen molar-refractivity contribution in [1.29, 1.82) is 0 Å². The fourth-order valence-electron chi connectivity index (χ4n) is 3.34. The molecule has 3 unspecified atom stereocenters. The third kappa shape index (κ3) is 2.80. The second kappa shape index (κ2) is 6.12. The average molecular weight is 293 g/mol. The van der Waals surface area contributed by atoms with E-state index in [-0.39, 0.29) is 0 Å². The normalized spacial score (nSPS) is 26.9. The van der Waals surface area contributed by atoms with E-state index in [1.807, 2.05) is 12.1 Å². The van der Waals surface area contributed by atoms with Gasteiger partial charge in [0, 0.05) is 12.6 Å². The smallest absolute Gasteiger partial charge is 0.203 e. The first-order valence-electron chi connectivity index (χ1n) is 7.43. The number of nitrogens with one attached hydrogen (secondary N) is 1. The quantitative estimate of drug-likeness (QED) is 0.870. The molecule has 2 aliphatic rings. The lowest BCUT2D eigenvalue weighted by atomic mass is 9.95. The molecule has 1 N–H and O–H groups in total. The van der Waals surface area contributed by atoms with Crippen molar-refractivity contribution in [2.75, 3.05) is 21.3 Å². The highest BCUT2D eigenvalue weighted by Gasteiger charge is 2.40. The van der Waals surface area contributed by atoms with E-state index in [0.29, 0.717) is 35.5 Å². The first-order valence-corrected chi connectivity index (χ1v) is 7.43. The molecular weight excluding hydrogens is 270 g/mol. The third-order valence-electron chi connectivity index (χ3n) is 4.40. The number of fused-ring (bicyclic) bond motifs is 2. The second-order valence-corrected chi connectivity index (χ2v) is 5.63. The summed E-state index contributed by atoms with van der Waals surface area (Å²) in [5.74, 6) is 2.02. The summed E-state index contributed by atoms with van der Waals surface area (Å²) in [4.78, 5) is 0. The number of hydrogen-bond acceptors (Lipinski definition) is 5. The van der Waals surface area contributed by atoms with Crippen molar-refractivity contribution in [3.05, 3.63) is 17.7 Å². The number of ether oxygens (including phenoxy) is 4. The molecule has 2 fully saturated rings. The second-order valence-electron chi connectivity index (χ2n) is 5.63. The Kier molecular flexibility index (Phi) is 4.22. The SMILES string of the molecule is COc1cc(CNC2CC3CCC2O3)cc(OC)c1OC. The lowest BCUT2D eigenvalue weighted by molar-refractivity contribution is 0.0973. The van der Waals surface area contributed by atoms with Crippen molar-refractivity contribution in [2.24, 2.45) is 0 Å². The van der Waals surface area contributed by atoms with Crippen LogP contribution in [0.25, 0.3) is 0 Å². The minimum absolute atomic E-state index is 0.386. The molecule has 0 saturated carbocycles. The molecule has 5 nitrogen and oxygen atoms in total. The van der Waals surface area contributed by atoms with E-state index >= 15 is 0 Å². The van der Waals surface area contributed by atoms with Gasteiger partial charge >= 0.3 is 0 Å². The Labute approximate surface area is 125 Å². The predicted octanol–water partition coefficient (Wildman–Crippen LogP) is 2.12. The molecule has 2 saturated heterocycles. The minimum Gasteiger partial charge on any atom is -0.493 e. The highest BCUT2D eigenvalue weighted by atomic mass is 16.5. The zero-order chi connectivity index (χ0) is 14.8. The highest BCUT2D eigenvalue weighted by molar-refractivity contribution is 5.53. The lowest BCUT2D eigenvalue weighted by Gasteiger charge is -2.21. The molecule has 2 heterocycles. The number of hydrogen-bond donors (Lipinski definition) is 1. The van der Waals surface area contributed by atoms with Gasteiger partial charge in [-0.25, -0.2) is 0 Å². The lowest BCUT2D eigenvalue weighted by Crippen LogP contribution is -2.36. The Balaban J connectivity index is 1.70. The third-order valence-corrected chi connectivity index (χ3v) is 4.40. The van der Waals surface area contributed by atoms with E-state index in [9.17, 15) is 0 Å². The number of rotatable bonds is 6. The molecule has 0 aromatic heterocycles. The van der Waals surface area contributed by atoms with E-state index in [1.54, 1.807) is 21.3 Å². The van der Waals surface area contributed by atoms with Gasteiger partial charge in [-0.05, 0) is 37.0 Å². The maximum Gasteiger partial charge on any atom is 0.203 e. The summed E-state index contributed by atoms with van der Waals surface area (Å²) < 4.78 is 22.0. The first-order chi connectivity index (χ1) is 10.2. The van der Waals surface area contributed by atoms with Gasteiger partial charge in [-0.15, -0.1) is 0 Å². The van der Waals surface area contributed by atoms with Crippen molar-refractivity contribution >= 4 is 0 Å². The summed E-state index contributed by atoms with van der Waals surface area (Å²) in [6.07, 6.45) is 4.36. The van der Waals surface area contributed by atoms with E-state index in [2.05, 4.69) is 5.32 Å². The Hall–Kier alpha value is -1.46. The molecule has 0 aliphatic carbocycles. The van der Waals surface area contributed by atoms with Gasteiger partial charge in [-0.2, -0.15) is 0 Å². The van der Waals surface area contributed by atoms with Crippen molar-refractivity contribution in [3.63, 3.8) is 0 Å². The fourth-order valence-corrected chi connectivity index (χ4v) is 3.34. The minimum atomic E-state index is 0.386. The molecule has 21 heavy (non-hydrogen) atoms. The first kappa shape index (κ1) is 14.5. The van der Waals surface area contributed by atoms with Crippen LogP contribution in [0.1, 0.15) is 24.8 Å². The zero-order valence-corrected chi connectivity index (χ0v) is 12.8. The van der Waals surface area contributed by atoms with Crippen LogP contribution >= 0.6 is 0 Å². The fraction of sp³-hybridized carbons (Fsp3) is 0.625. The van der Waals surface area contributed by atoms with Crippen LogP contribution in [-0.2, 0) is 11.3 Å². The van der Waals surface area contributed by atoms with E-state index < -0.39 is 0 Å². The van der Waals surface area contributed by atoms with Crippen LogP contribution in [0.3, 0.4) is 0 Å². The zero-order valence-electron chi connectivity index (χ0n) is 12.8. The van der Waals surface area contributed by atoms with Crippen LogP contribution in [0, 0.1) is 0 Å². The summed E-state index contributed by atoms with van der Waals surface area (Å²) in [5, 5.41) is 3.59. The maximum atomic E-state index is 5.87. The van der Waals surface area contributed by atoms with Gasteiger partial charge in [-0.1, -0.05) is 0 Å². The summed E-state index contributed by atoms with van der Waals surface area (Å²) in [6.45, 7) is 0.772. The Morgan fingerprint density at radius 3 is 2.29 bits per heavy atom. The molecule has 2 bridgehead atoms. The van der Waals surface area contributed by atoms with Crippen molar-refractivity contribution in [1.82, 2.24) is 5.32 Å². The van der Waals surface area contributed by atoms with E-state index in [0.717, 1.165) is 18.5 Å². The molecule has 0 amide bonds. The Morgan fingerprint density at radius 1 is 1.10 bits per heavy atom. The van der Waals surface area contributed by atoms with Crippen molar-refractivity contribution < 1.29 is 18.9 Å². The highest BCUT2D eigenvalue weighted by Crippen LogP contribution is 2.38. The summed E-state index contributed by atoms with van der Waals surface area (Å²) in [6, 6.07) is 4.44. The van der Waals surface area contributed by atoms with Crippen molar-refractivity contribution in [2.45, 2.75) is 44.1 Å². The molecule has 2 aliphatic heterocycles. The van der Waals surface area contributed by atoms with Crippen LogP contribution in [-0.4, -0.2) is 39.6 Å². The van der Waals surface area contributed by atoms with Gasteiger partial charge in [0.25, 0.3) is 0 Å². The molecule has 116 valence electrons. The van der Waals surface area contributed by atoms with Gasteiger partial charge in [0.2, 0.25) is 5.75 Å². The van der Waals surface area contributed by atoms with Gasteiger partial charge in [0.1, 0.15) is 0 Å². The number of benzene rings is 1. The summed E-state index contributed by atoms with van der Waals surface area (Å²) in [7, 11) is 4.89. The van der Waals surface area contributed by atoms with Crippen LogP contribution < -0.4 is 19.5 Å². The van der Waals surface area contributed by atoms with Crippen LogP contribution in [0.15, 0.2) is 12.1 Å².